The Balaban J connectivity index is 2.83. The van der Waals surface area contributed by atoms with E-state index in [0.717, 1.165) is 32.1 Å². The van der Waals surface area contributed by atoms with Gasteiger partial charge >= 0.3 is 0 Å². The van der Waals surface area contributed by atoms with Crippen molar-refractivity contribution < 1.29 is 27.2 Å². The van der Waals surface area contributed by atoms with Crippen LogP contribution in [0.3, 0.4) is 0 Å². The number of benzene rings is 1. The molecule has 1 aromatic rings. The van der Waals surface area contributed by atoms with Crippen molar-refractivity contribution in [3.8, 4) is 11.5 Å². The van der Waals surface area contributed by atoms with Crippen LogP contribution in [0.15, 0.2) is 17.0 Å². The topological polar surface area (TPSA) is 82.1 Å². The molecule has 0 saturated carbocycles. The first kappa shape index (κ1) is 24.7. The second kappa shape index (κ2) is 13.0. The van der Waals surface area contributed by atoms with Gasteiger partial charge in [-0.3, -0.25) is 4.55 Å². The lowest BCUT2D eigenvalue weighted by Crippen LogP contribution is -2.10. The molecule has 0 atom stereocenters. The van der Waals surface area contributed by atoms with Crippen molar-refractivity contribution >= 4 is 10.1 Å². The second-order valence-corrected chi connectivity index (χ2v) is 8.39. The van der Waals surface area contributed by atoms with Crippen LogP contribution in [-0.4, -0.2) is 39.9 Å². The molecule has 0 spiro atoms. The molecular weight excluding hydrogens is 380 g/mol. The van der Waals surface area contributed by atoms with E-state index in [1.165, 1.54) is 13.2 Å². The fourth-order valence-corrected chi connectivity index (χ4v) is 3.71. The largest absolute Gasteiger partial charge is 0.493 e. The van der Waals surface area contributed by atoms with Crippen molar-refractivity contribution in [1.29, 1.82) is 0 Å². The number of hydrogen-bond acceptors (Lipinski definition) is 5. The molecule has 28 heavy (non-hydrogen) atoms. The van der Waals surface area contributed by atoms with E-state index < -0.39 is 10.1 Å². The molecule has 0 radical (unpaired) electrons. The van der Waals surface area contributed by atoms with Crippen LogP contribution in [-0.2, 0) is 21.3 Å². The third kappa shape index (κ3) is 8.37. The van der Waals surface area contributed by atoms with Crippen LogP contribution in [0, 0.1) is 5.92 Å². The molecule has 0 heterocycles. The summed E-state index contributed by atoms with van der Waals surface area (Å²) in [5.41, 5.74) is 0.506. The molecule has 0 fully saturated rings. The highest BCUT2D eigenvalue weighted by atomic mass is 32.2. The number of ether oxygens (including phenoxy) is 3. The minimum absolute atomic E-state index is 0.126. The minimum Gasteiger partial charge on any atom is -0.493 e. The lowest BCUT2D eigenvalue weighted by atomic mass is 10.1. The van der Waals surface area contributed by atoms with Crippen molar-refractivity contribution in [1.82, 2.24) is 0 Å². The van der Waals surface area contributed by atoms with Crippen molar-refractivity contribution in [2.75, 3.05) is 26.9 Å². The summed E-state index contributed by atoms with van der Waals surface area (Å²) in [5, 5.41) is 0. The Morgan fingerprint density at radius 3 is 2.29 bits per heavy atom. The molecule has 0 aromatic heterocycles. The number of aryl methyl sites for hydroxylation is 1. The Morgan fingerprint density at radius 1 is 1.00 bits per heavy atom. The highest BCUT2D eigenvalue weighted by molar-refractivity contribution is 7.85. The monoisotopic (exact) mass is 416 g/mol. The van der Waals surface area contributed by atoms with E-state index in [1.807, 2.05) is 0 Å². The van der Waals surface area contributed by atoms with E-state index >= 15 is 0 Å². The van der Waals surface area contributed by atoms with Crippen LogP contribution in [0.2, 0.25) is 0 Å². The zero-order chi connectivity index (χ0) is 21.0. The Kier molecular flexibility index (Phi) is 11.5. The molecule has 0 aliphatic heterocycles. The van der Waals surface area contributed by atoms with Gasteiger partial charge in [0.25, 0.3) is 10.1 Å². The smallest absolute Gasteiger partial charge is 0.294 e. The maximum absolute atomic E-state index is 11.9. The van der Waals surface area contributed by atoms with Gasteiger partial charge in [0.2, 0.25) is 0 Å². The van der Waals surface area contributed by atoms with Gasteiger partial charge < -0.3 is 14.2 Å². The highest BCUT2D eigenvalue weighted by Crippen LogP contribution is 2.34. The summed E-state index contributed by atoms with van der Waals surface area (Å²) >= 11 is 0. The molecule has 0 aliphatic rings. The van der Waals surface area contributed by atoms with Gasteiger partial charge in [-0.15, -0.1) is 0 Å². The van der Waals surface area contributed by atoms with Crippen molar-refractivity contribution in [3.05, 3.63) is 17.7 Å². The summed E-state index contributed by atoms with van der Waals surface area (Å²) in [7, 11) is -2.84. The summed E-state index contributed by atoms with van der Waals surface area (Å²) in [5.74, 6) is 1.36. The SMILES string of the molecule is CCCCCOc1cc(S(=O)(=O)O)c(CCCOCC(CC)CC)cc1OC. The lowest BCUT2D eigenvalue weighted by Gasteiger charge is -2.16. The molecule has 7 heteroatoms. The highest BCUT2D eigenvalue weighted by Gasteiger charge is 2.20. The summed E-state index contributed by atoms with van der Waals surface area (Å²) in [4.78, 5) is -0.126. The van der Waals surface area contributed by atoms with Gasteiger partial charge in [-0.1, -0.05) is 46.5 Å². The molecule has 0 saturated heterocycles. The molecular formula is C21H36O6S. The van der Waals surface area contributed by atoms with E-state index in [-0.39, 0.29) is 4.90 Å². The molecule has 0 unspecified atom stereocenters. The van der Waals surface area contributed by atoms with Crippen LogP contribution in [0.5, 0.6) is 11.5 Å². The van der Waals surface area contributed by atoms with Gasteiger partial charge in [0.1, 0.15) is 4.90 Å². The second-order valence-electron chi connectivity index (χ2n) is 7.00. The minimum atomic E-state index is -4.36. The first-order valence-corrected chi connectivity index (χ1v) is 11.7. The van der Waals surface area contributed by atoms with Crippen LogP contribution in [0.25, 0.3) is 0 Å². The summed E-state index contributed by atoms with van der Waals surface area (Å²) in [6.45, 7) is 8.12. The normalized spacial score (nSPS) is 11.8. The Hall–Kier alpha value is -1.31. The summed E-state index contributed by atoms with van der Waals surface area (Å²) < 4.78 is 50.2. The molecule has 162 valence electrons. The van der Waals surface area contributed by atoms with Gasteiger partial charge in [-0.2, -0.15) is 8.42 Å². The number of methoxy groups -OCH3 is 1. The molecule has 6 nitrogen and oxygen atoms in total. The predicted octanol–water partition coefficient (Wildman–Crippen LogP) is 4.90. The third-order valence-electron chi connectivity index (χ3n) is 4.87. The maximum Gasteiger partial charge on any atom is 0.294 e. The number of hydrogen-bond donors (Lipinski definition) is 1. The van der Waals surface area contributed by atoms with E-state index in [2.05, 4.69) is 20.8 Å². The standard InChI is InChI=1S/C21H36O6S/c1-5-8-9-13-27-20-15-21(28(22,23)24)18(14-19(20)25-4)11-10-12-26-16-17(6-2)7-3/h14-15,17H,5-13,16H2,1-4H3,(H,22,23,24). The zero-order valence-corrected chi connectivity index (χ0v) is 18.5. The average molecular weight is 417 g/mol. The molecule has 1 aromatic carbocycles. The van der Waals surface area contributed by atoms with Gasteiger partial charge in [-0.05, 0) is 36.8 Å². The lowest BCUT2D eigenvalue weighted by molar-refractivity contribution is 0.0947. The number of rotatable bonds is 15. The quantitative estimate of drug-likeness (QED) is 0.324. The molecule has 0 amide bonds. The molecule has 0 bridgehead atoms. The van der Waals surface area contributed by atoms with Crippen LogP contribution in [0.4, 0.5) is 0 Å². The maximum atomic E-state index is 11.9. The van der Waals surface area contributed by atoms with Crippen LogP contribution >= 0.6 is 0 Å². The average Bonchev–Trinajstić information content (AvgIpc) is 2.67. The van der Waals surface area contributed by atoms with Crippen molar-refractivity contribution in [2.45, 2.75) is 70.6 Å². The molecule has 1 N–H and O–H groups in total. The summed E-state index contributed by atoms with van der Waals surface area (Å²) in [6, 6.07) is 3.00. The first-order chi connectivity index (χ1) is 13.4. The van der Waals surface area contributed by atoms with E-state index in [9.17, 15) is 13.0 Å². The van der Waals surface area contributed by atoms with Crippen LogP contribution < -0.4 is 9.47 Å². The van der Waals surface area contributed by atoms with E-state index in [0.29, 0.717) is 55.6 Å². The van der Waals surface area contributed by atoms with Gasteiger partial charge in [0.15, 0.2) is 11.5 Å². The number of unbranched alkanes of at least 4 members (excludes halogenated alkanes) is 2. The fourth-order valence-electron chi connectivity index (χ4n) is 2.96. The van der Waals surface area contributed by atoms with Crippen LogP contribution in [0.1, 0.15) is 64.9 Å². The molecule has 0 aliphatic carbocycles. The summed E-state index contributed by atoms with van der Waals surface area (Å²) in [6.07, 6.45) is 6.25. The first-order valence-electron chi connectivity index (χ1n) is 10.3. The fraction of sp³-hybridized carbons (Fsp3) is 0.714. The van der Waals surface area contributed by atoms with E-state index in [4.69, 9.17) is 14.2 Å². The van der Waals surface area contributed by atoms with Gasteiger partial charge in [0, 0.05) is 19.3 Å². The molecule has 1 rings (SSSR count). The van der Waals surface area contributed by atoms with Crippen molar-refractivity contribution in [3.63, 3.8) is 0 Å². The zero-order valence-electron chi connectivity index (χ0n) is 17.7. The predicted molar refractivity (Wildman–Crippen MR) is 111 cm³/mol. The van der Waals surface area contributed by atoms with Gasteiger partial charge in [-0.25, -0.2) is 0 Å². The van der Waals surface area contributed by atoms with Gasteiger partial charge in [0.05, 0.1) is 13.7 Å². The Bertz CT molecular complexity index is 668. The van der Waals surface area contributed by atoms with E-state index in [1.54, 1.807) is 6.07 Å². The Morgan fingerprint density at radius 2 is 1.71 bits per heavy atom. The van der Waals surface area contributed by atoms with Crippen molar-refractivity contribution in [2.24, 2.45) is 5.92 Å². The third-order valence-corrected chi connectivity index (χ3v) is 5.81. The Labute approximate surface area is 170 Å².